The number of carboxylic acids is 1. The zero-order valence-electron chi connectivity index (χ0n) is 20.3. The number of hydrogen-bond acceptors (Lipinski definition) is 5. The molecular formula is C28H25ClN2O4S. The SMILES string of the molecule is Cc1cc2nc(-c3ccc4c(c3)CC(=O)N4)sc2c(-c2ccc(Cl)cc2)c1[C@H](OC(C)(C)C)C(=O)O. The summed E-state index contributed by atoms with van der Waals surface area (Å²) >= 11 is 7.67. The molecule has 0 aliphatic carbocycles. The predicted molar refractivity (Wildman–Crippen MR) is 144 cm³/mol. The van der Waals surface area contributed by atoms with Gasteiger partial charge in [0.05, 0.1) is 22.2 Å². The number of aromatic nitrogens is 1. The summed E-state index contributed by atoms with van der Waals surface area (Å²) in [5, 5.41) is 14.5. The van der Waals surface area contributed by atoms with E-state index in [0.717, 1.165) is 48.7 Å². The number of benzene rings is 3. The number of aliphatic carboxylic acids is 1. The molecule has 8 heteroatoms. The molecule has 0 unspecified atom stereocenters. The van der Waals surface area contributed by atoms with Gasteiger partial charge < -0.3 is 15.2 Å². The number of carbonyl (C=O) groups excluding carboxylic acids is 1. The molecule has 4 aromatic rings. The van der Waals surface area contributed by atoms with E-state index >= 15 is 0 Å². The second-order valence-electron chi connectivity index (χ2n) is 9.90. The van der Waals surface area contributed by atoms with Gasteiger partial charge >= 0.3 is 5.97 Å². The van der Waals surface area contributed by atoms with E-state index in [2.05, 4.69) is 5.32 Å². The lowest BCUT2D eigenvalue weighted by Crippen LogP contribution is -2.28. The highest BCUT2D eigenvalue weighted by Gasteiger charge is 2.32. The average molecular weight is 521 g/mol. The molecule has 0 saturated heterocycles. The Hall–Kier alpha value is -3.26. The second kappa shape index (κ2) is 9.00. The van der Waals surface area contributed by atoms with Crippen LogP contribution in [0.3, 0.4) is 0 Å². The fraction of sp³-hybridized carbons (Fsp3) is 0.250. The molecule has 2 N–H and O–H groups in total. The average Bonchev–Trinajstić information content (AvgIpc) is 3.38. The molecule has 36 heavy (non-hydrogen) atoms. The Bertz CT molecular complexity index is 1520. The van der Waals surface area contributed by atoms with E-state index < -0.39 is 17.7 Å². The number of carboxylic acid groups (broad SMARTS) is 1. The van der Waals surface area contributed by atoms with Crippen LogP contribution in [0.15, 0.2) is 48.5 Å². The van der Waals surface area contributed by atoms with Gasteiger partial charge in [-0.15, -0.1) is 11.3 Å². The minimum atomic E-state index is -1.16. The van der Waals surface area contributed by atoms with Crippen molar-refractivity contribution in [2.75, 3.05) is 5.32 Å². The fourth-order valence-electron chi connectivity index (χ4n) is 4.52. The van der Waals surface area contributed by atoms with Gasteiger partial charge in [0.2, 0.25) is 5.91 Å². The number of nitrogens with zero attached hydrogens (tertiary/aromatic N) is 1. The third-order valence-corrected chi connectivity index (χ3v) is 7.39. The molecule has 1 aromatic heterocycles. The first kappa shape index (κ1) is 24.4. The minimum absolute atomic E-state index is 0.0182. The van der Waals surface area contributed by atoms with Gasteiger partial charge in [0.25, 0.3) is 0 Å². The predicted octanol–water partition coefficient (Wildman–Crippen LogP) is 7.03. The molecule has 0 bridgehead atoms. The normalized spacial score (nSPS) is 14.1. The smallest absolute Gasteiger partial charge is 0.337 e. The number of amides is 1. The van der Waals surface area contributed by atoms with Crippen molar-refractivity contribution in [1.29, 1.82) is 0 Å². The lowest BCUT2D eigenvalue weighted by Gasteiger charge is -2.28. The Morgan fingerprint density at radius 2 is 1.83 bits per heavy atom. The number of thiazole rings is 1. The monoisotopic (exact) mass is 520 g/mol. The molecule has 3 aromatic carbocycles. The lowest BCUT2D eigenvalue weighted by atomic mass is 9.91. The molecule has 6 nitrogen and oxygen atoms in total. The van der Waals surface area contributed by atoms with Gasteiger partial charge in [-0.1, -0.05) is 23.7 Å². The summed E-state index contributed by atoms with van der Waals surface area (Å²) in [6, 6.07) is 15.1. The van der Waals surface area contributed by atoms with Crippen LogP contribution < -0.4 is 5.32 Å². The van der Waals surface area contributed by atoms with Crippen molar-refractivity contribution in [3.05, 3.63) is 70.2 Å². The van der Waals surface area contributed by atoms with Gasteiger partial charge in [0.1, 0.15) is 5.01 Å². The van der Waals surface area contributed by atoms with Gasteiger partial charge in [-0.3, -0.25) is 4.79 Å². The highest BCUT2D eigenvalue weighted by molar-refractivity contribution is 7.22. The van der Waals surface area contributed by atoms with E-state index in [1.807, 2.05) is 64.1 Å². The molecule has 0 fully saturated rings. The highest BCUT2D eigenvalue weighted by Crippen LogP contribution is 2.44. The Balaban J connectivity index is 1.75. The molecule has 0 radical (unpaired) electrons. The third-order valence-electron chi connectivity index (χ3n) is 6.00. The largest absolute Gasteiger partial charge is 0.479 e. The summed E-state index contributed by atoms with van der Waals surface area (Å²) in [5.74, 6) is -1.07. The summed E-state index contributed by atoms with van der Waals surface area (Å²) in [6.45, 7) is 7.42. The zero-order valence-corrected chi connectivity index (χ0v) is 21.9. The van der Waals surface area contributed by atoms with E-state index in [1.54, 1.807) is 12.1 Å². The van der Waals surface area contributed by atoms with Crippen LogP contribution in [0.2, 0.25) is 5.02 Å². The summed E-state index contributed by atoms with van der Waals surface area (Å²) in [4.78, 5) is 29.2. The molecule has 0 saturated carbocycles. The quantitative estimate of drug-likeness (QED) is 0.295. The number of halogens is 1. The Kier molecular flexibility index (Phi) is 6.11. The van der Waals surface area contributed by atoms with Crippen LogP contribution in [0.1, 0.15) is 43.6 Å². The minimum Gasteiger partial charge on any atom is -0.479 e. The number of aryl methyl sites for hydroxylation is 1. The molecule has 1 amide bonds. The summed E-state index contributed by atoms with van der Waals surface area (Å²) in [7, 11) is 0. The highest BCUT2D eigenvalue weighted by atomic mass is 35.5. The van der Waals surface area contributed by atoms with Gasteiger partial charge in [0, 0.05) is 27.4 Å². The summed E-state index contributed by atoms with van der Waals surface area (Å²) in [5.41, 5.74) is 5.78. The number of hydrogen-bond donors (Lipinski definition) is 2. The van der Waals surface area contributed by atoms with Gasteiger partial charge in [0.15, 0.2) is 6.10 Å². The maximum atomic E-state index is 12.5. The standard InChI is InChI=1S/C28H25ClN2O4S/c1-14-11-20-25(36-26(31-20)16-7-10-19-17(12-16)13-21(32)30-19)23(15-5-8-18(29)9-6-15)22(14)24(27(33)34)35-28(2,3)4/h5-12,24H,13H2,1-4H3,(H,30,32)(H,33,34)/t24-/m0/s1. The van der Waals surface area contributed by atoms with Crippen molar-refractivity contribution in [3.63, 3.8) is 0 Å². The zero-order chi connectivity index (χ0) is 25.8. The third kappa shape index (κ3) is 4.62. The van der Waals surface area contributed by atoms with Gasteiger partial charge in [-0.2, -0.15) is 0 Å². The number of anilines is 1. The first-order valence-electron chi connectivity index (χ1n) is 11.5. The number of ether oxygens (including phenoxy) is 1. The topological polar surface area (TPSA) is 88.5 Å². The molecule has 1 atom stereocenters. The van der Waals surface area contributed by atoms with Crippen LogP contribution in [0.4, 0.5) is 5.69 Å². The Morgan fingerprint density at radius 1 is 1.14 bits per heavy atom. The number of rotatable bonds is 5. The second-order valence-corrected chi connectivity index (χ2v) is 11.3. The molecule has 5 rings (SSSR count). The van der Waals surface area contributed by atoms with Crippen molar-refractivity contribution < 1.29 is 19.4 Å². The van der Waals surface area contributed by atoms with Crippen LogP contribution >= 0.6 is 22.9 Å². The molecule has 0 spiro atoms. The van der Waals surface area contributed by atoms with E-state index in [4.69, 9.17) is 21.3 Å². The van der Waals surface area contributed by atoms with Crippen molar-refractivity contribution in [1.82, 2.24) is 4.98 Å². The Labute approximate surface area is 217 Å². The van der Waals surface area contributed by atoms with Crippen LogP contribution in [-0.2, 0) is 20.7 Å². The molecule has 2 heterocycles. The number of carbonyl (C=O) groups is 2. The number of nitrogens with one attached hydrogen (secondary N) is 1. The molecule has 184 valence electrons. The van der Waals surface area contributed by atoms with Gasteiger partial charge in [-0.25, -0.2) is 9.78 Å². The Morgan fingerprint density at radius 3 is 2.50 bits per heavy atom. The van der Waals surface area contributed by atoms with Crippen molar-refractivity contribution in [3.8, 4) is 21.7 Å². The summed E-state index contributed by atoms with van der Waals surface area (Å²) in [6.07, 6.45) is -0.819. The van der Waals surface area contributed by atoms with Gasteiger partial charge in [-0.05, 0) is 80.8 Å². The maximum absolute atomic E-state index is 12.5. The lowest BCUT2D eigenvalue weighted by molar-refractivity contribution is -0.160. The molecule has 1 aliphatic heterocycles. The summed E-state index contributed by atoms with van der Waals surface area (Å²) < 4.78 is 6.94. The van der Waals surface area contributed by atoms with E-state index in [1.165, 1.54) is 11.3 Å². The van der Waals surface area contributed by atoms with Crippen LogP contribution in [0.5, 0.6) is 0 Å². The van der Waals surface area contributed by atoms with Crippen molar-refractivity contribution >= 4 is 50.7 Å². The van der Waals surface area contributed by atoms with E-state index in [0.29, 0.717) is 17.0 Å². The van der Waals surface area contributed by atoms with E-state index in [-0.39, 0.29) is 5.91 Å². The van der Waals surface area contributed by atoms with Crippen LogP contribution in [-0.4, -0.2) is 27.6 Å². The van der Waals surface area contributed by atoms with Crippen LogP contribution in [0, 0.1) is 6.92 Å². The first-order valence-corrected chi connectivity index (χ1v) is 12.7. The molecule has 1 aliphatic rings. The fourth-order valence-corrected chi connectivity index (χ4v) is 5.77. The van der Waals surface area contributed by atoms with E-state index in [9.17, 15) is 14.7 Å². The molecular weight excluding hydrogens is 496 g/mol. The first-order chi connectivity index (χ1) is 17.0. The van der Waals surface area contributed by atoms with Crippen LogP contribution in [0.25, 0.3) is 31.9 Å². The van der Waals surface area contributed by atoms with Crippen molar-refractivity contribution in [2.45, 2.75) is 45.8 Å². The number of fused-ring (bicyclic) bond motifs is 2. The maximum Gasteiger partial charge on any atom is 0.337 e. The van der Waals surface area contributed by atoms with Crippen molar-refractivity contribution in [2.24, 2.45) is 0 Å².